The van der Waals surface area contributed by atoms with Gasteiger partial charge in [0.25, 0.3) is 0 Å². The Kier molecular flexibility index (Phi) is 5.30. The molecule has 0 radical (unpaired) electrons. The second-order valence-electron chi connectivity index (χ2n) is 8.05. The van der Waals surface area contributed by atoms with Crippen LogP contribution in [0.3, 0.4) is 0 Å². The number of piperidine rings is 1. The van der Waals surface area contributed by atoms with Crippen molar-refractivity contribution in [2.24, 2.45) is 0 Å². The van der Waals surface area contributed by atoms with Gasteiger partial charge in [0.2, 0.25) is 0 Å². The molecule has 1 saturated heterocycles. The lowest BCUT2D eigenvalue weighted by Gasteiger charge is -2.35. The molecule has 0 saturated carbocycles. The lowest BCUT2D eigenvalue weighted by Crippen LogP contribution is -2.46. The van der Waals surface area contributed by atoms with Gasteiger partial charge in [0, 0.05) is 18.7 Å². The zero-order valence-corrected chi connectivity index (χ0v) is 17.5. The molecule has 1 fully saturated rings. The molecule has 1 aliphatic rings. The third-order valence-corrected chi connectivity index (χ3v) is 5.61. The van der Waals surface area contributed by atoms with Crippen LogP contribution in [0, 0.1) is 6.92 Å². The maximum Gasteiger partial charge on any atom is 0.323 e. The number of rotatable bonds is 3. The second kappa shape index (κ2) is 7.91. The first kappa shape index (κ1) is 20.1. The zero-order valence-electron chi connectivity index (χ0n) is 17.5. The smallest absolute Gasteiger partial charge is 0.323 e. The van der Waals surface area contributed by atoms with Crippen LogP contribution in [0.2, 0.25) is 0 Å². The van der Waals surface area contributed by atoms with Gasteiger partial charge in [-0.1, -0.05) is 29.8 Å². The summed E-state index contributed by atoms with van der Waals surface area (Å²) in [6.45, 7) is 4.85. The molecule has 4 rings (SSSR count). The molecule has 156 valence electrons. The standard InChI is InChI=1S/C23H26N4O3/c1-15-4-6-16(7-5-15)17-8-9-18(30-3)21-20(17)24-14-19(25-21)26-22(28)27-12-10-23(2,29)11-13-27/h4-9,14,29H,10-13H2,1-3H3,(H,25,26,28). The van der Waals surface area contributed by atoms with Crippen molar-refractivity contribution in [2.45, 2.75) is 32.3 Å². The Balaban J connectivity index is 1.63. The molecule has 1 aromatic heterocycles. The highest BCUT2D eigenvalue weighted by atomic mass is 16.5. The number of anilines is 1. The molecule has 0 aliphatic carbocycles. The van der Waals surface area contributed by atoms with Gasteiger partial charge in [0.1, 0.15) is 16.8 Å². The molecule has 3 aromatic rings. The fourth-order valence-electron chi connectivity index (χ4n) is 3.65. The SMILES string of the molecule is COc1ccc(-c2ccc(C)cc2)c2ncc(NC(=O)N3CCC(C)(O)CC3)nc12. The number of urea groups is 1. The Morgan fingerprint density at radius 3 is 2.50 bits per heavy atom. The van der Waals surface area contributed by atoms with E-state index in [0.29, 0.717) is 48.5 Å². The number of hydrogen-bond acceptors (Lipinski definition) is 5. The van der Waals surface area contributed by atoms with Gasteiger partial charge in [-0.3, -0.25) is 5.32 Å². The summed E-state index contributed by atoms with van der Waals surface area (Å²) in [7, 11) is 1.59. The number of carbonyl (C=O) groups is 1. The molecule has 2 aromatic carbocycles. The zero-order chi connectivity index (χ0) is 21.3. The van der Waals surface area contributed by atoms with Gasteiger partial charge in [0.15, 0.2) is 5.82 Å². The number of benzene rings is 2. The molecule has 30 heavy (non-hydrogen) atoms. The fourth-order valence-corrected chi connectivity index (χ4v) is 3.65. The fraction of sp³-hybridized carbons (Fsp3) is 0.348. The number of fused-ring (bicyclic) bond motifs is 1. The number of carbonyl (C=O) groups excluding carboxylic acids is 1. The van der Waals surface area contributed by atoms with Crippen LogP contribution >= 0.6 is 0 Å². The van der Waals surface area contributed by atoms with Gasteiger partial charge in [0.05, 0.1) is 18.9 Å². The number of aromatic nitrogens is 2. The minimum absolute atomic E-state index is 0.243. The summed E-state index contributed by atoms with van der Waals surface area (Å²) in [6, 6.07) is 11.8. The number of ether oxygens (including phenoxy) is 1. The van der Waals surface area contributed by atoms with E-state index in [0.717, 1.165) is 11.1 Å². The van der Waals surface area contributed by atoms with Crippen LogP contribution in [-0.2, 0) is 0 Å². The van der Waals surface area contributed by atoms with Gasteiger partial charge < -0.3 is 14.7 Å². The summed E-state index contributed by atoms with van der Waals surface area (Å²) in [5.41, 5.74) is 3.78. The first-order chi connectivity index (χ1) is 14.4. The number of aryl methyl sites for hydroxylation is 1. The Morgan fingerprint density at radius 2 is 1.83 bits per heavy atom. The van der Waals surface area contributed by atoms with Crippen molar-refractivity contribution in [3.05, 3.63) is 48.2 Å². The molecule has 1 aliphatic heterocycles. The van der Waals surface area contributed by atoms with E-state index in [1.54, 1.807) is 25.1 Å². The van der Waals surface area contributed by atoms with E-state index >= 15 is 0 Å². The van der Waals surface area contributed by atoms with Crippen molar-refractivity contribution < 1.29 is 14.6 Å². The number of aliphatic hydroxyl groups is 1. The second-order valence-corrected chi connectivity index (χ2v) is 8.05. The molecule has 7 nitrogen and oxygen atoms in total. The molecule has 2 heterocycles. The molecule has 0 unspecified atom stereocenters. The van der Waals surface area contributed by atoms with E-state index in [-0.39, 0.29) is 6.03 Å². The number of methoxy groups -OCH3 is 1. The molecular formula is C23H26N4O3. The predicted octanol–water partition coefficient (Wildman–Crippen LogP) is 3.99. The molecular weight excluding hydrogens is 380 g/mol. The average molecular weight is 406 g/mol. The number of nitrogens with one attached hydrogen (secondary N) is 1. The maximum absolute atomic E-state index is 12.6. The first-order valence-electron chi connectivity index (χ1n) is 10.1. The number of nitrogens with zero attached hydrogens (tertiary/aromatic N) is 3. The van der Waals surface area contributed by atoms with E-state index in [2.05, 4.69) is 39.6 Å². The highest BCUT2D eigenvalue weighted by molar-refractivity contribution is 5.96. The highest BCUT2D eigenvalue weighted by Crippen LogP contribution is 2.33. The van der Waals surface area contributed by atoms with Crippen molar-refractivity contribution in [1.82, 2.24) is 14.9 Å². The maximum atomic E-state index is 12.6. The van der Waals surface area contributed by atoms with Crippen molar-refractivity contribution in [3.8, 4) is 16.9 Å². The Bertz CT molecular complexity index is 1070. The third kappa shape index (κ3) is 4.07. The van der Waals surface area contributed by atoms with Crippen LogP contribution in [0.1, 0.15) is 25.3 Å². The quantitative estimate of drug-likeness (QED) is 0.687. The van der Waals surface area contributed by atoms with Gasteiger partial charge in [-0.15, -0.1) is 0 Å². The van der Waals surface area contributed by atoms with Crippen molar-refractivity contribution in [1.29, 1.82) is 0 Å². The highest BCUT2D eigenvalue weighted by Gasteiger charge is 2.29. The molecule has 7 heteroatoms. The van der Waals surface area contributed by atoms with Crippen molar-refractivity contribution >= 4 is 22.9 Å². The van der Waals surface area contributed by atoms with Crippen LogP contribution in [0.15, 0.2) is 42.6 Å². The number of hydrogen-bond donors (Lipinski definition) is 2. The van der Waals surface area contributed by atoms with Gasteiger partial charge in [-0.25, -0.2) is 14.8 Å². The molecule has 0 bridgehead atoms. The normalized spacial score (nSPS) is 15.8. The van der Waals surface area contributed by atoms with E-state index in [9.17, 15) is 9.90 Å². The lowest BCUT2D eigenvalue weighted by molar-refractivity contribution is 0.00569. The van der Waals surface area contributed by atoms with Crippen LogP contribution in [0.4, 0.5) is 10.6 Å². The van der Waals surface area contributed by atoms with E-state index in [1.165, 1.54) is 5.56 Å². The third-order valence-electron chi connectivity index (χ3n) is 5.61. The van der Waals surface area contributed by atoms with Crippen LogP contribution in [0.5, 0.6) is 5.75 Å². The van der Waals surface area contributed by atoms with Crippen LogP contribution < -0.4 is 10.1 Å². The Hall–Kier alpha value is -3.19. The largest absolute Gasteiger partial charge is 0.494 e. The van der Waals surface area contributed by atoms with E-state index in [1.807, 2.05) is 19.1 Å². The molecule has 0 spiro atoms. The van der Waals surface area contributed by atoms with Crippen molar-refractivity contribution in [2.75, 3.05) is 25.5 Å². The molecule has 0 atom stereocenters. The number of amides is 2. The summed E-state index contributed by atoms with van der Waals surface area (Å²) in [5, 5.41) is 12.9. The van der Waals surface area contributed by atoms with Gasteiger partial charge in [-0.05, 0) is 44.4 Å². The molecule has 2 N–H and O–H groups in total. The van der Waals surface area contributed by atoms with Crippen LogP contribution in [0.25, 0.3) is 22.2 Å². The topological polar surface area (TPSA) is 87.6 Å². The van der Waals surface area contributed by atoms with E-state index < -0.39 is 5.60 Å². The summed E-state index contributed by atoms with van der Waals surface area (Å²) >= 11 is 0. The minimum Gasteiger partial charge on any atom is -0.494 e. The predicted molar refractivity (Wildman–Crippen MR) is 117 cm³/mol. The van der Waals surface area contributed by atoms with Gasteiger partial charge >= 0.3 is 6.03 Å². The monoisotopic (exact) mass is 406 g/mol. The minimum atomic E-state index is -0.709. The molecule has 2 amide bonds. The number of likely N-dealkylation sites (tertiary alicyclic amines) is 1. The van der Waals surface area contributed by atoms with Crippen molar-refractivity contribution in [3.63, 3.8) is 0 Å². The average Bonchev–Trinajstić information content (AvgIpc) is 2.73. The summed E-state index contributed by atoms with van der Waals surface area (Å²) < 4.78 is 5.48. The Morgan fingerprint density at radius 1 is 1.13 bits per heavy atom. The first-order valence-corrected chi connectivity index (χ1v) is 10.1. The van der Waals surface area contributed by atoms with Crippen LogP contribution in [-0.4, -0.2) is 51.8 Å². The van der Waals surface area contributed by atoms with E-state index in [4.69, 9.17) is 4.74 Å². The summed E-state index contributed by atoms with van der Waals surface area (Å²) in [5.74, 6) is 0.961. The Labute approximate surface area is 175 Å². The van der Waals surface area contributed by atoms with Gasteiger partial charge in [-0.2, -0.15) is 0 Å². The summed E-state index contributed by atoms with van der Waals surface area (Å²) in [4.78, 5) is 23.5. The lowest BCUT2D eigenvalue weighted by atomic mass is 9.94. The summed E-state index contributed by atoms with van der Waals surface area (Å²) in [6.07, 6.45) is 2.67.